The zero-order valence-corrected chi connectivity index (χ0v) is 26.6. The number of halogens is 3. The summed E-state index contributed by atoms with van der Waals surface area (Å²) in [6, 6.07) is 18.5. The van der Waals surface area contributed by atoms with E-state index in [0.717, 1.165) is 22.7 Å². The van der Waals surface area contributed by atoms with E-state index in [1.807, 2.05) is 54.6 Å². The third kappa shape index (κ3) is 12.4. The van der Waals surface area contributed by atoms with Gasteiger partial charge in [0.1, 0.15) is 5.94 Å². The van der Waals surface area contributed by atoms with Crippen LogP contribution in [0, 0.1) is 0 Å². The van der Waals surface area contributed by atoms with E-state index in [1.165, 1.54) is 6.08 Å². The highest BCUT2D eigenvalue weighted by Crippen LogP contribution is 2.32. The molecule has 0 saturated carbocycles. The summed E-state index contributed by atoms with van der Waals surface area (Å²) in [7, 11) is 0. The van der Waals surface area contributed by atoms with Crippen molar-refractivity contribution in [2.24, 2.45) is 4.99 Å². The van der Waals surface area contributed by atoms with E-state index in [2.05, 4.69) is 20.6 Å². The van der Waals surface area contributed by atoms with E-state index in [9.17, 15) is 14.4 Å². The number of aliphatic imine (C=N–C) groups is 1. The minimum atomic E-state index is -2.03. The third-order valence-electron chi connectivity index (χ3n) is 5.48. The number of fused-ring (bicyclic) bond motifs is 1. The molecule has 9 nitrogen and oxygen atoms in total. The molecule has 1 aromatic heterocycles. The van der Waals surface area contributed by atoms with Gasteiger partial charge in [-0.1, -0.05) is 83.3 Å². The van der Waals surface area contributed by atoms with Gasteiger partial charge in [0, 0.05) is 30.5 Å². The van der Waals surface area contributed by atoms with Crippen molar-refractivity contribution in [2.45, 2.75) is 49.2 Å². The molecule has 0 fully saturated rings. The number of carbonyl (C=O) groups excluding carboxylic acids is 3. The van der Waals surface area contributed by atoms with Crippen molar-refractivity contribution in [1.82, 2.24) is 10.3 Å². The average Bonchev–Trinajstić information content (AvgIpc) is 2.95. The van der Waals surface area contributed by atoms with Gasteiger partial charge in [-0.3, -0.25) is 19.4 Å². The Balaban J connectivity index is 1.74. The van der Waals surface area contributed by atoms with Crippen LogP contribution in [0.25, 0.3) is 17.0 Å². The number of amidine groups is 1. The van der Waals surface area contributed by atoms with Crippen molar-refractivity contribution in [3.8, 4) is 0 Å². The summed E-state index contributed by atoms with van der Waals surface area (Å²) >= 11 is 19.7. The number of benzene rings is 2. The van der Waals surface area contributed by atoms with Crippen LogP contribution in [0.15, 0.2) is 77.9 Å². The van der Waals surface area contributed by atoms with E-state index < -0.39 is 21.8 Å². The fraction of sp³-hybridized carbons (Fsp3) is 0.300. The molecular formula is C30H31Cl3N4O5S. The van der Waals surface area contributed by atoms with E-state index >= 15 is 0 Å². The summed E-state index contributed by atoms with van der Waals surface area (Å²) in [4.78, 5) is 45.6. The normalized spacial score (nSPS) is 12.7. The number of alkyl halides is 3. The maximum Gasteiger partial charge on any atom is 0.306 e. The first-order chi connectivity index (χ1) is 20.5. The molecule has 3 rings (SSSR count). The monoisotopic (exact) mass is 664 g/mol. The van der Waals surface area contributed by atoms with Crippen molar-refractivity contribution in [2.75, 3.05) is 11.3 Å². The standard InChI is InChI=1S/C30H31Cl3N4O5S/c1-20(2)42-26(40)15-7-14-25(39)41-19-43-29(35-23-13-6-11-22-12-8-18-34-27(22)23)37-28(30(31,32)33)36-24(38)17-16-21-9-4-3-5-10-21/h3-6,8-13,16-18,20,28H,7,14-15,19H2,1-2H3,(H,35,37)(H,36,38)/b17-16+. The lowest BCUT2D eigenvalue weighted by molar-refractivity contribution is -0.147. The number of thioether (sulfide) groups is 1. The van der Waals surface area contributed by atoms with Gasteiger partial charge in [0.15, 0.2) is 11.3 Å². The molecular weight excluding hydrogens is 635 g/mol. The van der Waals surface area contributed by atoms with Crippen LogP contribution >= 0.6 is 46.6 Å². The molecule has 228 valence electrons. The van der Waals surface area contributed by atoms with Gasteiger partial charge in [-0.15, -0.1) is 0 Å². The van der Waals surface area contributed by atoms with Crippen molar-refractivity contribution >= 4 is 92.2 Å². The predicted octanol–water partition coefficient (Wildman–Crippen LogP) is 6.88. The third-order valence-corrected chi connectivity index (χ3v) is 6.82. The summed E-state index contributed by atoms with van der Waals surface area (Å²) in [5.74, 6) is -1.57. The zero-order valence-electron chi connectivity index (χ0n) is 23.5. The first kappa shape index (κ1) is 34.2. The molecule has 0 aliphatic heterocycles. The van der Waals surface area contributed by atoms with Crippen LogP contribution in [-0.4, -0.2) is 50.0 Å². The second-order valence-electron chi connectivity index (χ2n) is 9.31. The van der Waals surface area contributed by atoms with E-state index in [-0.39, 0.29) is 42.4 Å². The van der Waals surface area contributed by atoms with Crippen LogP contribution in [0.3, 0.4) is 0 Å². The number of ether oxygens (including phenoxy) is 2. The topological polar surface area (TPSA) is 119 Å². The van der Waals surface area contributed by atoms with Crippen molar-refractivity contribution in [1.29, 1.82) is 0 Å². The Morgan fingerprint density at radius 3 is 2.44 bits per heavy atom. The average molecular weight is 666 g/mol. The number of nitrogens with one attached hydrogen (secondary N) is 2. The van der Waals surface area contributed by atoms with Gasteiger partial charge < -0.3 is 20.1 Å². The largest absolute Gasteiger partial charge is 0.463 e. The van der Waals surface area contributed by atoms with Gasteiger partial charge in [-0.2, -0.15) is 0 Å². The quantitative estimate of drug-likeness (QED) is 0.0537. The number of anilines is 1. The van der Waals surface area contributed by atoms with Gasteiger partial charge in [0.25, 0.3) is 0 Å². The molecule has 1 amide bonds. The number of carbonyl (C=O) groups is 3. The lowest BCUT2D eigenvalue weighted by Crippen LogP contribution is -2.42. The van der Waals surface area contributed by atoms with Crippen LogP contribution in [0.1, 0.15) is 38.7 Å². The molecule has 0 saturated heterocycles. The Bertz CT molecular complexity index is 1440. The molecule has 43 heavy (non-hydrogen) atoms. The smallest absolute Gasteiger partial charge is 0.306 e. The molecule has 0 bridgehead atoms. The number of para-hydroxylation sites is 1. The van der Waals surface area contributed by atoms with Gasteiger partial charge in [0.05, 0.1) is 17.3 Å². The predicted molar refractivity (Wildman–Crippen MR) is 174 cm³/mol. The van der Waals surface area contributed by atoms with Crippen LogP contribution in [-0.2, 0) is 23.9 Å². The maximum absolute atomic E-state index is 12.7. The van der Waals surface area contributed by atoms with Crippen molar-refractivity contribution < 1.29 is 23.9 Å². The summed E-state index contributed by atoms with van der Waals surface area (Å²) in [6.07, 6.45) is 3.46. The molecule has 1 atom stereocenters. The van der Waals surface area contributed by atoms with Gasteiger partial charge in [-0.25, -0.2) is 4.99 Å². The Morgan fingerprint density at radius 2 is 1.72 bits per heavy atom. The molecule has 2 N–H and O–H groups in total. The number of nitrogens with zero attached hydrogens (tertiary/aromatic N) is 2. The summed E-state index contributed by atoms with van der Waals surface area (Å²) in [5.41, 5.74) is 2.06. The number of hydrogen-bond donors (Lipinski definition) is 2. The molecule has 1 unspecified atom stereocenters. The van der Waals surface area contributed by atoms with Crippen LogP contribution < -0.4 is 10.6 Å². The lowest BCUT2D eigenvalue weighted by Gasteiger charge is -2.23. The van der Waals surface area contributed by atoms with Crippen molar-refractivity contribution in [3.63, 3.8) is 0 Å². The van der Waals surface area contributed by atoms with E-state index in [1.54, 1.807) is 32.2 Å². The van der Waals surface area contributed by atoms with Crippen LogP contribution in [0.4, 0.5) is 5.69 Å². The SMILES string of the molecule is CC(C)OC(=O)CCCC(=O)OCSC(=NC(NC(=O)/C=C/c1ccccc1)C(Cl)(Cl)Cl)Nc1cccc2cccnc12. The molecule has 0 spiro atoms. The Hall–Kier alpha value is -3.31. The maximum atomic E-state index is 12.7. The molecule has 0 radical (unpaired) electrons. The second kappa shape index (κ2) is 17.1. The number of hydrogen-bond acceptors (Lipinski definition) is 8. The lowest BCUT2D eigenvalue weighted by atomic mass is 10.2. The van der Waals surface area contributed by atoms with E-state index in [4.69, 9.17) is 44.3 Å². The molecule has 0 aliphatic carbocycles. The Kier molecular flexibility index (Phi) is 13.6. The molecule has 0 aliphatic rings. The minimum absolute atomic E-state index is 0.0293. The molecule has 2 aromatic carbocycles. The number of esters is 2. The Morgan fingerprint density at radius 1 is 1.00 bits per heavy atom. The van der Waals surface area contributed by atoms with Gasteiger partial charge in [-0.05, 0) is 55.8 Å². The first-order valence-corrected chi connectivity index (χ1v) is 15.4. The highest BCUT2D eigenvalue weighted by Gasteiger charge is 2.34. The van der Waals surface area contributed by atoms with E-state index in [0.29, 0.717) is 11.2 Å². The molecule has 13 heteroatoms. The molecule has 3 aromatic rings. The fourth-order valence-electron chi connectivity index (χ4n) is 3.57. The fourth-order valence-corrected chi connectivity index (χ4v) is 4.55. The van der Waals surface area contributed by atoms with Crippen molar-refractivity contribution in [3.05, 3.63) is 78.5 Å². The summed E-state index contributed by atoms with van der Waals surface area (Å²) in [6.45, 7) is 3.51. The van der Waals surface area contributed by atoms with Crippen LogP contribution in [0.5, 0.6) is 0 Å². The number of aromatic nitrogens is 1. The Labute approximate surface area is 269 Å². The number of pyridine rings is 1. The van der Waals surface area contributed by atoms with Gasteiger partial charge >= 0.3 is 11.9 Å². The highest BCUT2D eigenvalue weighted by atomic mass is 35.6. The summed E-state index contributed by atoms with van der Waals surface area (Å²) in [5, 5.41) is 6.82. The van der Waals surface area contributed by atoms with Crippen LogP contribution in [0.2, 0.25) is 0 Å². The number of amides is 1. The minimum Gasteiger partial charge on any atom is -0.463 e. The highest BCUT2D eigenvalue weighted by molar-refractivity contribution is 8.14. The zero-order chi connectivity index (χ0) is 31.2. The molecule has 1 heterocycles. The van der Waals surface area contributed by atoms with Gasteiger partial charge in [0.2, 0.25) is 9.70 Å². The number of rotatable bonds is 12. The summed E-state index contributed by atoms with van der Waals surface area (Å²) < 4.78 is 8.38. The second-order valence-corrected chi connectivity index (χ2v) is 12.6. The first-order valence-electron chi connectivity index (χ1n) is 13.3.